The summed E-state index contributed by atoms with van der Waals surface area (Å²) in [6, 6.07) is 4.50. The Morgan fingerprint density at radius 1 is 1.47 bits per heavy atom. The van der Waals surface area contributed by atoms with Gasteiger partial charge in [-0.25, -0.2) is 13.8 Å². The fourth-order valence-electron chi connectivity index (χ4n) is 1.05. The van der Waals surface area contributed by atoms with Gasteiger partial charge < -0.3 is 0 Å². The molecule has 0 saturated carbocycles. The van der Waals surface area contributed by atoms with E-state index in [0.717, 1.165) is 0 Å². The molecule has 1 aromatic rings. The third kappa shape index (κ3) is 2.39. The zero-order valence-corrected chi connectivity index (χ0v) is 8.09. The number of hydrogen-bond donors (Lipinski definition) is 0. The molecule has 0 N–H and O–H groups in total. The zero-order valence-electron chi connectivity index (χ0n) is 7.34. The van der Waals surface area contributed by atoms with Gasteiger partial charge in [0.1, 0.15) is 17.5 Å². The van der Waals surface area contributed by atoms with E-state index in [9.17, 15) is 8.78 Å². The van der Waals surface area contributed by atoms with Crippen molar-refractivity contribution in [2.45, 2.75) is 12.8 Å². The minimum Gasteiger partial charge on any atom is -0.236 e. The largest absolute Gasteiger partial charge is 0.280 e. The molecule has 15 heavy (non-hydrogen) atoms. The van der Waals surface area contributed by atoms with Crippen LogP contribution in [0.5, 0.6) is 0 Å². The molecule has 76 valence electrons. The highest BCUT2D eigenvalue weighted by Crippen LogP contribution is 2.27. The third-order valence-electron chi connectivity index (χ3n) is 1.68. The molecule has 1 rings (SSSR count). The molecule has 0 unspecified atom stereocenters. The topological polar surface area (TPSA) is 60.5 Å². The molecule has 0 spiro atoms. The smallest absolute Gasteiger partial charge is 0.236 e. The fraction of sp³-hybridized carbons (Fsp3) is 0.222. The predicted molar refractivity (Wildman–Crippen MR) is 48.2 cm³/mol. The van der Waals surface area contributed by atoms with Gasteiger partial charge in [0.25, 0.3) is 6.43 Å². The van der Waals surface area contributed by atoms with Crippen molar-refractivity contribution >= 4 is 11.6 Å². The van der Waals surface area contributed by atoms with Gasteiger partial charge in [-0.05, 0) is 6.07 Å². The minimum absolute atomic E-state index is 0.0202. The van der Waals surface area contributed by atoms with E-state index >= 15 is 0 Å². The van der Waals surface area contributed by atoms with Crippen LogP contribution in [0.1, 0.15) is 23.4 Å². The van der Waals surface area contributed by atoms with Crippen LogP contribution in [0, 0.1) is 22.7 Å². The van der Waals surface area contributed by atoms with Crippen LogP contribution in [0.2, 0.25) is 5.02 Å². The molecule has 0 radical (unpaired) electrons. The number of nitriles is 2. The number of alkyl halides is 2. The van der Waals surface area contributed by atoms with Crippen molar-refractivity contribution in [2.24, 2.45) is 0 Å². The number of hydrogen-bond acceptors (Lipinski definition) is 3. The fourth-order valence-corrected chi connectivity index (χ4v) is 1.32. The first-order valence-corrected chi connectivity index (χ1v) is 4.22. The second-order valence-electron chi connectivity index (χ2n) is 2.60. The number of pyridine rings is 1. The molecule has 1 heterocycles. The Hall–Kier alpha value is -1.72. The Labute approximate surface area is 89.5 Å². The van der Waals surface area contributed by atoms with Gasteiger partial charge >= 0.3 is 0 Å². The summed E-state index contributed by atoms with van der Waals surface area (Å²) in [7, 11) is 0. The molecular formula is C9H4ClF2N3. The third-order valence-corrected chi connectivity index (χ3v) is 2.02. The molecule has 0 aromatic carbocycles. The second kappa shape index (κ2) is 4.68. The van der Waals surface area contributed by atoms with E-state index in [0.29, 0.717) is 0 Å². The summed E-state index contributed by atoms with van der Waals surface area (Å²) < 4.78 is 25.0. The average molecular weight is 228 g/mol. The van der Waals surface area contributed by atoms with Crippen LogP contribution < -0.4 is 0 Å². The molecule has 6 heteroatoms. The Balaban J connectivity index is 3.38. The van der Waals surface area contributed by atoms with Crippen molar-refractivity contribution in [3.05, 3.63) is 28.0 Å². The highest BCUT2D eigenvalue weighted by atomic mass is 35.5. The van der Waals surface area contributed by atoms with Crippen molar-refractivity contribution in [1.29, 1.82) is 10.5 Å². The van der Waals surface area contributed by atoms with Crippen molar-refractivity contribution in [2.75, 3.05) is 0 Å². The predicted octanol–water partition coefficient (Wildman–Crippen LogP) is 2.61. The maximum Gasteiger partial charge on any atom is 0.280 e. The van der Waals surface area contributed by atoms with Gasteiger partial charge in [-0.15, -0.1) is 0 Å². The normalized spacial score (nSPS) is 9.73. The first-order chi connectivity index (χ1) is 7.10. The van der Waals surface area contributed by atoms with E-state index in [2.05, 4.69) is 4.98 Å². The number of halogens is 3. The molecule has 0 saturated heterocycles. The van der Waals surface area contributed by atoms with Crippen molar-refractivity contribution in [3.63, 3.8) is 0 Å². The molecule has 0 aliphatic heterocycles. The number of aromatic nitrogens is 1. The standard InChI is InChI=1S/C9H4ClF2N3/c10-7-3-5(4-14)15-8(9(11)12)6(7)1-2-13/h3,9H,1H2. The second-order valence-corrected chi connectivity index (χ2v) is 3.01. The molecule has 0 atom stereocenters. The van der Waals surface area contributed by atoms with Crippen LogP contribution in [0.3, 0.4) is 0 Å². The lowest BCUT2D eigenvalue weighted by Crippen LogP contribution is -2.01. The summed E-state index contributed by atoms with van der Waals surface area (Å²) in [5.74, 6) is 0. The van der Waals surface area contributed by atoms with Gasteiger partial charge in [0.05, 0.1) is 12.5 Å². The van der Waals surface area contributed by atoms with E-state index in [-0.39, 0.29) is 22.7 Å². The van der Waals surface area contributed by atoms with E-state index in [1.54, 1.807) is 12.1 Å². The van der Waals surface area contributed by atoms with Gasteiger partial charge in [-0.3, -0.25) is 0 Å². The molecule has 0 amide bonds. The zero-order chi connectivity index (χ0) is 11.4. The molecule has 0 fully saturated rings. The van der Waals surface area contributed by atoms with Gasteiger partial charge in [0.2, 0.25) is 0 Å². The number of rotatable bonds is 2. The van der Waals surface area contributed by atoms with Gasteiger partial charge in [0, 0.05) is 10.6 Å². The highest BCUT2D eigenvalue weighted by Gasteiger charge is 2.18. The Morgan fingerprint density at radius 2 is 2.13 bits per heavy atom. The maximum atomic E-state index is 12.5. The van der Waals surface area contributed by atoms with Crippen LogP contribution in [-0.2, 0) is 6.42 Å². The summed E-state index contributed by atoms with van der Waals surface area (Å²) in [6.45, 7) is 0. The summed E-state index contributed by atoms with van der Waals surface area (Å²) in [4.78, 5) is 3.42. The Bertz CT molecular complexity index is 460. The molecule has 0 aliphatic carbocycles. The maximum absolute atomic E-state index is 12.5. The van der Waals surface area contributed by atoms with E-state index in [4.69, 9.17) is 22.1 Å². The van der Waals surface area contributed by atoms with Gasteiger partial charge in [-0.2, -0.15) is 10.5 Å². The highest BCUT2D eigenvalue weighted by molar-refractivity contribution is 6.31. The van der Waals surface area contributed by atoms with Crippen LogP contribution in [0.25, 0.3) is 0 Å². The first-order valence-electron chi connectivity index (χ1n) is 3.84. The van der Waals surface area contributed by atoms with Gasteiger partial charge in [0.15, 0.2) is 0 Å². The summed E-state index contributed by atoms with van der Waals surface area (Å²) in [5, 5.41) is 16.9. The molecule has 1 aromatic heterocycles. The van der Waals surface area contributed by atoms with Crippen LogP contribution in [0.15, 0.2) is 6.07 Å². The van der Waals surface area contributed by atoms with Crippen LogP contribution in [0.4, 0.5) is 8.78 Å². The van der Waals surface area contributed by atoms with Crippen molar-refractivity contribution in [3.8, 4) is 12.1 Å². The molecule has 3 nitrogen and oxygen atoms in total. The quantitative estimate of drug-likeness (QED) is 0.780. The van der Waals surface area contributed by atoms with Crippen molar-refractivity contribution < 1.29 is 8.78 Å². The average Bonchev–Trinajstić information content (AvgIpc) is 2.20. The van der Waals surface area contributed by atoms with E-state index in [1.165, 1.54) is 6.07 Å². The Kier molecular flexibility index (Phi) is 3.54. The SMILES string of the molecule is N#CCc1c(Cl)cc(C#N)nc1C(F)F. The van der Waals surface area contributed by atoms with E-state index < -0.39 is 12.1 Å². The first kappa shape index (κ1) is 11.4. The lowest BCUT2D eigenvalue weighted by Gasteiger charge is -2.07. The summed E-state index contributed by atoms with van der Waals surface area (Å²) in [5.41, 5.74) is -0.800. The van der Waals surface area contributed by atoms with Crippen LogP contribution >= 0.6 is 11.6 Å². The molecular weight excluding hydrogens is 224 g/mol. The molecule has 0 aliphatic rings. The monoisotopic (exact) mass is 227 g/mol. The van der Waals surface area contributed by atoms with Crippen molar-refractivity contribution in [1.82, 2.24) is 4.98 Å². The number of nitrogens with zero attached hydrogens (tertiary/aromatic N) is 3. The summed E-state index contributed by atoms with van der Waals surface area (Å²) in [6.07, 6.45) is -3.10. The minimum atomic E-state index is -2.85. The lowest BCUT2D eigenvalue weighted by atomic mass is 10.1. The van der Waals surface area contributed by atoms with Crippen LogP contribution in [-0.4, -0.2) is 4.98 Å². The molecule has 0 bridgehead atoms. The lowest BCUT2D eigenvalue weighted by molar-refractivity contribution is 0.145. The van der Waals surface area contributed by atoms with Gasteiger partial charge in [-0.1, -0.05) is 11.6 Å². The summed E-state index contributed by atoms with van der Waals surface area (Å²) >= 11 is 5.66. The Morgan fingerprint density at radius 3 is 2.60 bits per heavy atom. The van der Waals surface area contributed by atoms with E-state index in [1.807, 2.05) is 0 Å².